The fourth-order valence-corrected chi connectivity index (χ4v) is 4.84. The normalized spacial score (nSPS) is 20.6. The Morgan fingerprint density at radius 3 is 2.07 bits per heavy atom. The molecule has 1 atom stereocenters. The van der Waals surface area contributed by atoms with Gasteiger partial charge in [-0.3, -0.25) is 0 Å². The summed E-state index contributed by atoms with van der Waals surface area (Å²) < 4.78 is 0. The van der Waals surface area contributed by atoms with Gasteiger partial charge < -0.3 is 10.6 Å². The minimum atomic E-state index is 0.0410. The standard InChI is InChI=1S/C20H35Cl2N5/c1-6-7-8-9-10-11-15(16-24-17(21)26-18(22)25-16)23-14-12-19(2,3)27-20(4,5)13-14/h14-15,23,27H,6-13H2,1-5H3. The molecule has 1 unspecified atom stereocenters. The zero-order valence-corrected chi connectivity index (χ0v) is 18.9. The van der Waals surface area contributed by atoms with Crippen LogP contribution < -0.4 is 10.6 Å². The van der Waals surface area contributed by atoms with E-state index in [2.05, 4.69) is 60.2 Å². The first-order valence-electron chi connectivity index (χ1n) is 10.2. The second kappa shape index (κ2) is 9.82. The lowest BCUT2D eigenvalue weighted by molar-refractivity contribution is 0.137. The van der Waals surface area contributed by atoms with E-state index in [0.29, 0.717) is 11.9 Å². The molecule has 0 amide bonds. The SMILES string of the molecule is CCCCCCCC(NC1CC(C)(C)NC(C)(C)C1)c1nc(Cl)nc(Cl)n1. The summed E-state index contributed by atoms with van der Waals surface area (Å²) in [6, 6.07) is 0.422. The second-order valence-corrected chi connectivity index (χ2v) is 9.83. The van der Waals surface area contributed by atoms with Crippen molar-refractivity contribution in [1.82, 2.24) is 25.6 Å². The first-order chi connectivity index (χ1) is 12.6. The fraction of sp³-hybridized carbons (Fsp3) is 0.850. The zero-order chi connectivity index (χ0) is 20.1. The van der Waals surface area contributed by atoms with E-state index in [1.165, 1.54) is 25.7 Å². The van der Waals surface area contributed by atoms with Crippen molar-refractivity contribution in [3.63, 3.8) is 0 Å². The average molecular weight is 416 g/mol. The van der Waals surface area contributed by atoms with Crippen molar-refractivity contribution >= 4 is 23.2 Å². The number of nitrogens with zero attached hydrogens (tertiary/aromatic N) is 3. The van der Waals surface area contributed by atoms with Crippen LogP contribution in [0.2, 0.25) is 10.6 Å². The van der Waals surface area contributed by atoms with Gasteiger partial charge in [-0.25, -0.2) is 9.97 Å². The lowest BCUT2D eigenvalue weighted by Gasteiger charge is -2.47. The molecule has 1 saturated heterocycles. The van der Waals surface area contributed by atoms with E-state index in [0.717, 1.165) is 25.7 Å². The van der Waals surface area contributed by atoms with Gasteiger partial charge in [0.15, 0.2) is 5.82 Å². The number of halogens is 2. The number of unbranched alkanes of at least 4 members (excludes halogenated alkanes) is 4. The Balaban J connectivity index is 2.11. The van der Waals surface area contributed by atoms with Crippen molar-refractivity contribution in [2.75, 3.05) is 0 Å². The quantitative estimate of drug-likeness (QED) is 0.522. The molecule has 2 rings (SSSR count). The third kappa shape index (κ3) is 7.80. The van der Waals surface area contributed by atoms with Crippen molar-refractivity contribution in [2.45, 2.75) is 109 Å². The van der Waals surface area contributed by atoms with Gasteiger partial charge in [-0.15, -0.1) is 0 Å². The molecule has 1 aliphatic rings. The lowest BCUT2D eigenvalue weighted by Crippen LogP contribution is -2.61. The molecule has 0 aliphatic carbocycles. The van der Waals surface area contributed by atoms with Crippen molar-refractivity contribution in [2.24, 2.45) is 0 Å². The van der Waals surface area contributed by atoms with Gasteiger partial charge in [-0.1, -0.05) is 39.0 Å². The monoisotopic (exact) mass is 415 g/mol. The summed E-state index contributed by atoms with van der Waals surface area (Å²) in [6.45, 7) is 11.3. The van der Waals surface area contributed by atoms with Crippen LogP contribution in [-0.2, 0) is 0 Å². The molecule has 2 heterocycles. The Bertz CT molecular complexity index is 570. The summed E-state index contributed by atoms with van der Waals surface area (Å²) >= 11 is 12.1. The van der Waals surface area contributed by atoms with Gasteiger partial charge in [0.2, 0.25) is 10.6 Å². The first kappa shape index (κ1) is 22.8. The molecule has 5 nitrogen and oxygen atoms in total. The van der Waals surface area contributed by atoms with Gasteiger partial charge >= 0.3 is 0 Å². The van der Waals surface area contributed by atoms with Crippen LogP contribution in [0.1, 0.15) is 97.9 Å². The summed E-state index contributed by atoms with van der Waals surface area (Å²) in [5.74, 6) is 0.657. The molecule has 0 aromatic carbocycles. The molecule has 0 radical (unpaired) electrons. The number of aromatic nitrogens is 3. The smallest absolute Gasteiger partial charge is 0.226 e. The highest BCUT2D eigenvalue weighted by Crippen LogP contribution is 2.31. The molecular weight excluding hydrogens is 381 g/mol. The predicted molar refractivity (Wildman–Crippen MR) is 113 cm³/mol. The van der Waals surface area contributed by atoms with Gasteiger partial charge in [0.05, 0.1) is 6.04 Å². The summed E-state index contributed by atoms with van der Waals surface area (Å²) in [7, 11) is 0. The molecule has 1 fully saturated rings. The van der Waals surface area contributed by atoms with E-state index in [9.17, 15) is 0 Å². The molecule has 1 aromatic rings. The third-order valence-electron chi connectivity index (χ3n) is 5.13. The van der Waals surface area contributed by atoms with Crippen LogP contribution in [-0.4, -0.2) is 32.1 Å². The van der Waals surface area contributed by atoms with Crippen LogP contribution >= 0.6 is 23.2 Å². The van der Waals surface area contributed by atoms with E-state index in [1.807, 2.05) is 0 Å². The predicted octanol–water partition coefficient (Wildman–Crippen LogP) is 5.48. The molecule has 27 heavy (non-hydrogen) atoms. The number of piperidine rings is 1. The van der Waals surface area contributed by atoms with Crippen LogP contribution in [0.25, 0.3) is 0 Å². The number of hydrogen-bond acceptors (Lipinski definition) is 5. The molecule has 0 bridgehead atoms. The van der Waals surface area contributed by atoms with Crippen LogP contribution in [0.5, 0.6) is 0 Å². The van der Waals surface area contributed by atoms with Crippen molar-refractivity contribution in [3.8, 4) is 0 Å². The topological polar surface area (TPSA) is 62.7 Å². The summed E-state index contributed by atoms with van der Waals surface area (Å²) in [5.41, 5.74) is 0.166. The maximum absolute atomic E-state index is 6.05. The molecular formula is C20H35Cl2N5. The minimum absolute atomic E-state index is 0.0410. The Kier molecular flexibility index (Phi) is 8.29. The summed E-state index contributed by atoms with van der Waals surface area (Å²) in [6.07, 6.45) is 9.25. The molecule has 154 valence electrons. The summed E-state index contributed by atoms with van der Waals surface area (Å²) in [5, 5.41) is 7.88. The Morgan fingerprint density at radius 1 is 0.963 bits per heavy atom. The number of nitrogens with one attached hydrogen (secondary N) is 2. The highest BCUT2D eigenvalue weighted by Gasteiger charge is 2.38. The molecule has 0 saturated carbocycles. The third-order valence-corrected chi connectivity index (χ3v) is 5.47. The van der Waals surface area contributed by atoms with Gasteiger partial charge in [0.1, 0.15) is 0 Å². The van der Waals surface area contributed by atoms with E-state index >= 15 is 0 Å². The largest absolute Gasteiger partial charge is 0.307 e. The Morgan fingerprint density at radius 2 is 1.52 bits per heavy atom. The maximum atomic E-state index is 6.05. The molecule has 2 N–H and O–H groups in total. The summed E-state index contributed by atoms with van der Waals surface area (Å²) in [4.78, 5) is 12.6. The van der Waals surface area contributed by atoms with E-state index in [1.54, 1.807) is 0 Å². The molecule has 1 aromatic heterocycles. The van der Waals surface area contributed by atoms with Gasteiger partial charge in [0, 0.05) is 17.1 Å². The van der Waals surface area contributed by atoms with Crippen molar-refractivity contribution in [1.29, 1.82) is 0 Å². The van der Waals surface area contributed by atoms with E-state index in [-0.39, 0.29) is 27.7 Å². The van der Waals surface area contributed by atoms with Gasteiger partial charge in [-0.05, 0) is 70.2 Å². The Hall–Kier alpha value is -0.490. The first-order valence-corrected chi connectivity index (χ1v) is 11.0. The Labute approximate surface area is 174 Å². The van der Waals surface area contributed by atoms with E-state index < -0.39 is 0 Å². The van der Waals surface area contributed by atoms with Crippen LogP contribution in [0, 0.1) is 0 Å². The average Bonchev–Trinajstić information content (AvgIpc) is 2.49. The molecule has 1 aliphatic heterocycles. The fourth-order valence-electron chi connectivity index (χ4n) is 4.46. The zero-order valence-electron chi connectivity index (χ0n) is 17.4. The second-order valence-electron chi connectivity index (χ2n) is 9.15. The number of hydrogen-bond donors (Lipinski definition) is 2. The molecule has 7 heteroatoms. The van der Waals surface area contributed by atoms with Crippen LogP contribution in [0.4, 0.5) is 0 Å². The van der Waals surface area contributed by atoms with Crippen molar-refractivity contribution < 1.29 is 0 Å². The molecule has 0 spiro atoms. The van der Waals surface area contributed by atoms with Crippen LogP contribution in [0.15, 0.2) is 0 Å². The van der Waals surface area contributed by atoms with Gasteiger partial charge in [0.25, 0.3) is 0 Å². The highest BCUT2D eigenvalue weighted by molar-refractivity contribution is 6.31. The lowest BCUT2D eigenvalue weighted by atomic mass is 9.79. The number of rotatable bonds is 9. The van der Waals surface area contributed by atoms with E-state index in [4.69, 9.17) is 23.2 Å². The van der Waals surface area contributed by atoms with Crippen LogP contribution in [0.3, 0.4) is 0 Å². The maximum Gasteiger partial charge on any atom is 0.226 e. The highest BCUT2D eigenvalue weighted by atomic mass is 35.5. The minimum Gasteiger partial charge on any atom is -0.307 e. The van der Waals surface area contributed by atoms with Crippen molar-refractivity contribution in [3.05, 3.63) is 16.4 Å². The van der Waals surface area contributed by atoms with Gasteiger partial charge in [-0.2, -0.15) is 4.98 Å².